The van der Waals surface area contributed by atoms with Crippen LogP contribution in [0.25, 0.3) is 0 Å². The quantitative estimate of drug-likeness (QED) is 0.829. The molecule has 2 heterocycles. The summed E-state index contributed by atoms with van der Waals surface area (Å²) in [6, 6.07) is 9.11. The Kier molecular flexibility index (Phi) is 5.75. The van der Waals surface area contributed by atoms with Crippen LogP contribution in [-0.4, -0.2) is 45.5 Å². The van der Waals surface area contributed by atoms with Crippen molar-refractivity contribution in [3.05, 3.63) is 54.0 Å². The van der Waals surface area contributed by atoms with E-state index in [2.05, 4.69) is 4.72 Å². The van der Waals surface area contributed by atoms with Crippen LogP contribution in [0.3, 0.4) is 0 Å². The molecule has 0 aliphatic carbocycles. The Morgan fingerprint density at radius 1 is 1.19 bits per heavy atom. The Bertz CT molecular complexity index is 825. The van der Waals surface area contributed by atoms with Crippen LogP contribution < -0.4 is 4.72 Å². The minimum Gasteiger partial charge on any atom is -0.468 e. The van der Waals surface area contributed by atoms with Crippen LogP contribution in [-0.2, 0) is 19.6 Å². The Morgan fingerprint density at radius 2 is 1.88 bits per heavy atom. The summed E-state index contributed by atoms with van der Waals surface area (Å²) in [5.74, 6) is 0.267. The fraction of sp³-hybridized carbons (Fsp3) is 0.389. The van der Waals surface area contributed by atoms with Gasteiger partial charge >= 0.3 is 0 Å². The van der Waals surface area contributed by atoms with Crippen molar-refractivity contribution >= 4 is 15.9 Å². The molecule has 1 saturated heterocycles. The van der Waals surface area contributed by atoms with E-state index in [-0.39, 0.29) is 17.2 Å². The molecule has 26 heavy (non-hydrogen) atoms. The van der Waals surface area contributed by atoms with E-state index in [1.165, 1.54) is 6.26 Å². The first kappa shape index (κ1) is 18.6. The maximum Gasteiger partial charge on any atom is 0.241 e. The SMILES string of the molecule is Cc1ccc(S(=O)(=O)N[C@@H](CC(=O)N2CCOCC2)c2ccco2)cc1. The number of furan rings is 1. The van der Waals surface area contributed by atoms with E-state index < -0.39 is 16.1 Å². The molecular weight excluding hydrogens is 356 g/mol. The second-order valence-electron chi connectivity index (χ2n) is 6.20. The van der Waals surface area contributed by atoms with Gasteiger partial charge in [-0.2, -0.15) is 4.72 Å². The van der Waals surface area contributed by atoms with E-state index in [9.17, 15) is 13.2 Å². The fourth-order valence-electron chi connectivity index (χ4n) is 2.78. The number of sulfonamides is 1. The Hall–Kier alpha value is -2.16. The number of hydrogen-bond acceptors (Lipinski definition) is 5. The summed E-state index contributed by atoms with van der Waals surface area (Å²) in [5.41, 5.74) is 0.967. The van der Waals surface area contributed by atoms with E-state index in [4.69, 9.17) is 9.15 Å². The lowest BCUT2D eigenvalue weighted by atomic mass is 10.1. The van der Waals surface area contributed by atoms with Crippen LogP contribution >= 0.6 is 0 Å². The molecule has 3 rings (SSSR count). The zero-order valence-corrected chi connectivity index (χ0v) is 15.4. The van der Waals surface area contributed by atoms with Crippen molar-refractivity contribution in [2.75, 3.05) is 26.3 Å². The molecule has 0 saturated carbocycles. The van der Waals surface area contributed by atoms with Crippen molar-refractivity contribution in [1.82, 2.24) is 9.62 Å². The molecule has 8 heteroatoms. The second kappa shape index (κ2) is 8.03. The first-order chi connectivity index (χ1) is 12.5. The molecule has 1 aliphatic heterocycles. The molecule has 1 aliphatic rings. The van der Waals surface area contributed by atoms with Crippen LogP contribution in [0.15, 0.2) is 52.0 Å². The average Bonchev–Trinajstić information content (AvgIpc) is 3.17. The van der Waals surface area contributed by atoms with E-state index in [1.54, 1.807) is 41.3 Å². The zero-order chi connectivity index (χ0) is 18.6. The molecule has 7 nitrogen and oxygen atoms in total. The number of amides is 1. The van der Waals surface area contributed by atoms with Gasteiger partial charge in [-0.05, 0) is 31.2 Å². The molecule has 1 atom stereocenters. The van der Waals surface area contributed by atoms with Crippen molar-refractivity contribution < 1.29 is 22.4 Å². The van der Waals surface area contributed by atoms with Crippen LogP contribution in [0.5, 0.6) is 0 Å². The van der Waals surface area contributed by atoms with Gasteiger partial charge < -0.3 is 14.1 Å². The van der Waals surface area contributed by atoms with Gasteiger partial charge in [0.2, 0.25) is 15.9 Å². The van der Waals surface area contributed by atoms with E-state index >= 15 is 0 Å². The third-order valence-corrected chi connectivity index (χ3v) is 5.75. The van der Waals surface area contributed by atoms with E-state index in [0.717, 1.165) is 5.56 Å². The highest BCUT2D eigenvalue weighted by molar-refractivity contribution is 7.89. The lowest BCUT2D eigenvalue weighted by Crippen LogP contribution is -2.42. The molecule has 1 fully saturated rings. The minimum atomic E-state index is -3.78. The molecule has 0 unspecified atom stereocenters. The molecule has 0 radical (unpaired) electrons. The highest BCUT2D eigenvalue weighted by Gasteiger charge is 2.28. The second-order valence-corrected chi connectivity index (χ2v) is 7.91. The van der Waals surface area contributed by atoms with Crippen molar-refractivity contribution in [3.63, 3.8) is 0 Å². The van der Waals surface area contributed by atoms with Crippen LogP contribution in [0, 0.1) is 6.92 Å². The average molecular weight is 378 g/mol. The summed E-state index contributed by atoms with van der Waals surface area (Å²) >= 11 is 0. The van der Waals surface area contributed by atoms with E-state index in [0.29, 0.717) is 32.1 Å². The number of hydrogen-bond donors (Lipinski definition) is 1. The molecule has 1 N–H and O–H groups in total. The maximum atomic E-state index is 12.7. The standard InChI is InChI=1S/C18H22N2O5S/c1-14-4-6-15(7-5-14)26(22,23)19-16(17-3-2-10-25-17)13-18(21)20-8-11-24-12-9-20/h2-7,10,16,19H,8-9,11-13H2,1H3/t16-/m0/s1. The van der Waals surface area contributed by atoms with Gasteiger partial charge in [0.15, 0.2) is 0 Å². The van der Waals surface area contributed by atoms with Gasteiger partial charge in [0.1, 0.15) is 5.76 Å². The van der Waals surface area contributed by atoms with Gasteiger partial charge in [0.25, 0.3) is 0 Å². The van der Waals surface area contributed by atoms with E-state index in [1.807, 2.05) is 6.92 Å². The molecule has 0 bridgehead atoms. The molecule has 1 aromatic carbocycles. The highest BCUT2D eigenvalue weighted by Crippen LogP contribution is 2.22. The molecule has 1 aromatic heterocycles. The number of benzene rings is 1. The van der Waals surface area contributed by atoms with Crippen LogP contribution in [0.1, 0.15) is 23.8 Å². The van der Waals surface area contributed by atoms with Gasteiger partial charge in [-0.25, -0.2) is 8.42 Å². The van der Waals surface area contributed by atoms with Gasteiger partial charge in [0, 0.05) is 13.1 Å². The van der Waals surface area contributed by atoms with Gasteiger partial charge in [-0.15, -0.1) is 0 Å². The zero-order valence-electron chi connectivity index (χ0n) is 14.6. The van der Waals surface area contributed by atoms with Crippen molar-refractivity contribution in [1.29, 1.82) is 0 Å². The summed E-state index contributed by atoms with van der Waals surface area (Å²) in [7, 11) is -3.78. The Labute approximate surface area is 153 Å². The van der Waals surface area contributed by atoms with Crippen LogP contribution in [0.4, 0.5) is 0 Å². The molecule has 0 spiro atoms. The summed E-state index contributed by atoms with van der Waals surface area (Å²) in [6.07, 6.45) is 1.44. The topological polar surface area (TPSA) is 88.9 Å². The Morgan fingerprint density at radius 3 is 2.50 bits per heavy atom. The predicted octanol–water partition coefficient (Wildman–Crippen LogP) is 1.86. The maximum absolute atomic E-state index is 12.7. The van der Waals surface area contributed by atoms with Gasteiger partial charge in [-0.1, -0.05) is 17.7 Å². The number of rotatable bonds is 6. The van der Waals surface area contributed by atoms with Crippen molar-refractivity contribution in [3.8, 4) is 0 Å². The third kappa shape index (κ3) is 4.51. The Balaban J connectivity index is 1.78. The predicted molar refractivity (Wildman–Crippen MR) is 95.0 cm³/mol. The summed E-state index contributed by atoms with van der Waals surface area (Å²) in [6.45, 7) is 3.89. The minimum absolute atomic E-state index is 0.0153. The number of nitrogens with one attached hydrogen (secondary N) is 1. The van der Waals surface area contributed by atoms with Crippen molar-refractivity contribution in [2.45, 2.75) is 24.3 Å². The number of nitrogens with zero attached hydrogens (tertiary/aromatic N) is 1. The highest BCUT2D eigenvalue weighted by atomic mass is 32.2. The number of ether oxygens (including phenoxy) is 1. The lowest BCUT2D eigenvalue weighted by molar-refractivity contribution is -0.135. The van der Waals surface area contributed by atoms with Crippen LogP contribution in [0.2, 0.25) is 0 Å². The fourth-order valence-corrected chi connectivity index (χ4v) is 3.98. The van der Waals surface area contributed by atoms with Gasteiger partial charge in [0.05, 0.1) is 36.8 Å². The smallest absolute Gasteiger partial charge is 0.241 e. The normalized spacial score (nSPS) is 16.4. The first-order valence-corrected chi connectivity index (χ1v) is 9.92. The molecular formula is C18H22N2O5S. The number of carbonyl (C=O) groups is 1. The third-order valence-electron chi connectivity index (χ3n) is 4.26. The summed E-state index contributed by atoms with van der Waals surface area (Å²) in [5, 5.41) is 0. The van der Waals surface area contributed by atoms with Crippen molar-refractivity contribution in [2.24, 2.45) is 0 Å². The molecule has 140 valence electrons. The lowest BCUT2D eigenvalue weighted by Gasteiger charge is -2.28. The molecule has 2 aromatic rings. The number of morpholine rings is 1. The van der Waals surface area contributed by atoms with Gasteiger partial charge in [-0.3, -0.25) is 4.79 Å². The largest absolute Gasteiger partial charge is 0.468 e. The number of aryl methyl sites for hydroxylation is 1. The molecule has 1 amide bonds. The summed E-state index contributed by atoms with van der Waals surface area (Å²) in [4.78, 5) is 14.4. The monoisotopic (exact) mass is 378 g/mol. The first-order valence-electron chi connectivity index (χ1n) is 8.43. The summed E-state index contributed by atoms with van der Waals surface area (Å²) < 4.78 is 38.6. The number of carbonyl (C=O) groups excluding carboxylic acids is 1.